The Morgan fingerprint density at radius 2 is 1.95 bits per heavy atom. The molecule has 0 bridgehead atoms. The third kappa shape index (κ3) is 2.46. The van der Waals surface area contributed by atoms with Gasteiger partial charge < -0.3 is 0 Å². The molecule has 21 heavy (non-hydrogen) atoms. The van der Waals surface area contributed by atoms with Crippen LogP contribution in [0.4, 0.5) is 11.4 Å². The molecule has 0 fully saturated rings. The number of aryl methyl sites for hydroxylation is 1. The first-order valence-electron chi connectivity index (χ1n) is 5.50. The number of halogens is 1. The first-order valence-corrected chi connectivity index (χ1v) is 5.88. The van der Waals surface area contributed by atoms with Gasteiger partial charge >= 0.3 is 5.69 Å². The monoisotopic (exact) mass is 310 g/mol. The fraction of sp³-hybridized carbons (Fsp3) is 0.0909. The van der Waals surface area contributed by atoms with Crippen molar-refractivity contribution >= 4 is 29.3 Å². The number of nitro benzene ring substituents is 2. The van der Waals surface area contributed by atoms with Crippen molar-refractivity contribution in [1.82, 2.24) is 9.78 Å². The summed E-state index contributed by atoms with van der Waals surface area (Å²) in [6.07, 6.45) is 0.485. The van der Waals surface area contributed by atoms with E-state index in [-0.39, 0.29) is 16.4 Å². The van der Waals surface area contributed by atoms with E-state index in [1.54, 1.807) is 0 Å². The van der Waals surface area contributed by atoms with Crippen molar-refractivity contribution in [1.29, 1.82) is 0 Å². The molecule has 108 valence electrons. The molecule has 0 amide bonds. The normalized spacial score (nSPS) is 10.4. The Bertz CT molecular complexity index is 770. The van der Waals surface area contributed by atoms with E-state index in [4.69, 9.17) is 11.6 Å². The molecule has 0 saturated carbocycles. The van der Waals surface area contributed by atoms with Crippen LogP contribution in [0.2, 0.25) is 5.15 Å². The second kappa shape index (κ2) is 5.29. The largest absolute Gasteiger partial charge is 0.301 e. The van der Waals surface area contributed by atoms with E-state index in [1.807, 2.05) is 0 Å². The molecular weight excluding hydrogens is 304 g/mol. The molecule has 0 saturated heterocycles. The number of aldehydes is 1. The van der Waals surface area contributed by atoms with Gasteiger partial charge in [-0.05, 0) is 13.0 Å². The third-order valence-electron chi connectivity index (χ3n) is 2.76. The first kappa shape index (κ1) is 14.6. The van der Waals surface area contributed by atoms with Crippen LogP contribution in [0.5, 0.6) is 0 Å². The molecule has 2 aromatic rings. The van der Waals surface area contributed by atoms with Crippen molar-refractivity contribution in [2.75, 3.05) is 0 Å². The second-order valence-electron chi connectivity index (χ2n) is 4.01. The topological polar surface area (TPSA) is 121 Å². The van der Waals surface area contributed by atoms with Crippen LogP contribution in [0.1, 0.15) is 16.1 Å². The summed E-state index contributed by atoms with van der Waals surface area (Å²) in [5.74, 6) is 0. The van der Waals surface area contributed by atoms with E-state index in [2.05, 4.69) is 5.10 Å². The van der Waals surface area contributed by atoms with Crippen LogP contribution in [0.3, 0.4) is 0 Å². The van der Waals surface area contributed by atoms with Crippen LogP contribution in [0, 0.1) is 27.2 Å². The maximum absolute atomic E-state index is 11.1. The van der Waals surface area contributed by atoms with Gasteiger partial charge in [0.25, 0.3) is 5.69 Å². The minimum absolute atomic E-state index is 0.0631. The molecule has 1 aromatic heterocycles. The number of non-ortho nitro benzene ring substituents is 1. The molecule has 0 unspecified atom stereocenters. The van der Waals surface area contributed by atoms with Gasteiger partial charge in [0.05, 0.1) is 27.2 Å². The summed E-state index contributed by atoms with van der Waals surface area (Å²) in [6, 6.07) is 3.06. The number of hydrogen-bond donors (Lipinski definition) is 0. The van der Waals surface area contributed by atoms with Gasteiger partial charge in [0.1, 0.15) is 10.8 Å². The average Bonchev–Trinajstić information content (AvgIpc) is 2.72. The molecular formula is C11H7ClN4O5. The van der Waals surface area contributed by atoms with Crippen molar-refractivity contribution in [3.63, 3.8) is 0 Å². The second-order valence-corrected chi connectivity index (χ2v) is 4.36. The Balaban J connectivity index is 2.72. The standard InChI is InChI=1S/C11H7ClN4O5/c1-6-8(5-17)11(12)14(13-6)9-3-2-7(15(18)19)4-10(9)16(20)21/h2-5H,1H3. The van der Waals surface area contributed by atoms with Gasteiger partial charge in [0, 0.05) is 6.07 Å². The van der Waals surface area contributed by atoms with Crippen LogP contribution >= 0.6 is 11.6 Å². The number of hydrogen-bond acceptors (Lipinski definition) is 6. The Morgan fingerprint density at radius 3 is 2.43 bits per heavy atom. The Labute approximate surface area is 122 Å². The summed E-state index contributed by atoms with van der Waals surface area (Å²) >= 11 is 5.96. The zero-order chi connectivity index (χ0) is 15.7. The Kier molecular flexibility index (Phi) is 3.68. The number of rotatable bonds is 4. The zero-order valence-corrected chi connectivity index (χ0v) is 11.3. The summed E-state index contributed by atoms with van der Waals surface area (Å²) in [6.45, 7) is 1.52. The van der Waals surface area contributed by atoms with Gasteiger partial charge in [-0.25, -0.2) is 4.68 Å². The summed E-state index contributed by atoms with van der Waals surface area (Å²) in [5.41, 5.74) is -0.633. The molecule has 0 aliphatic heterocycles. The molecule has 0 spiro atoms. The van der Waals surface area contributed by atoms with E-state index in [9.17, 15) is 25.0 Å². The highest BCUT2D eigenvalue weighted by atomic mass is 35.5. The molecule has 1 aromatic carbocycles. The average molecular weight is 311 g/mol. The van der Waals surface area contributed by atoms with Crippen LogP contribution < -0.4 is 0 Å². The highest BCUT2D eigenvalue weighted by Crippen LogP contribution is 2.31. The van der Waals surface area contributed by atoms with E-state index in [0.29, 0.717) is 12.0 Å². The Hall–Kier alpha value is -2.81. The minimum atomic E-state index is -0.781. The van der Waals surface area contributed by atoms with E-state index < -0.39 is 21.2 Å². The first-order chi connectivity index (χ1) is 9.86. The lowest BCUT2D eigenvalue weighted by Gasteiger charge is -2.04. The summed E-state index contributed by atoms with van der Waals surface area (Å²) < 4.78 is 1.00. The predicted molar refractivity (Wildman–Crippen MR) is 72.0 cm³/mol. The van der Waals surface area contributed by atoms with Crippen molar-refractivity contribution < 1.29 is 14.6 Å². The van der Waals surface area contributed by atoms with Gasteiger partial charge in [-0.1, -0.05) is 11.6 Å². The van der Waals surface area contributed by atoms with E-state index in [1.165, 1.54) is 6.92 Å². The maximum Gasteiger partial charge on any atom is 0.301 e. The van der Waals surface area contributed by atoms with Crippen molar-refractivity contribution in [2.45, 2.75) is 6.92 Å². The number of nitro groups is 2. The lowest BCUT2D eigenvalue weighted by Crippen LogP contribution is -2.03. The number of aromatic nitrogens is 2. The van der Waals surface area contributed by atoms with Crippen molar-refractivity contribution in [3.05, 3.63) is 54.8 Å². The van der Waals surface area contributed by atoms with Crippen molar-refractivity contribution in [2.24, 2.45) is 0 Å². The highest BCUT2D eigenvalue weighted by Gasteiger charge is 2.24. The molecule has 0 N–H and O–H groups in total. The fourth-order valence-electron chi connectivity index (χ4n) is 1.76. The van der Waals surface area contributed by atoms with Crippen LogP contribution in [-0.4, -0.2) is 25.9 Å². The lowest BCUT2D eigenvalue weighted by molar-refractivity contribution is -0.394. The van der Waals surface area contributed by atoms with Crippen molar-refractivity contribution in [3.8, 4) is 5.69 Å². The fourth-order valence-corrected chi connectivity index (χ4v) is 2.07. The molecule has 9 nitrogen and oxygen atoms in total. The molecule has 0 atom stereocenters. The quantitative estimate of drug-likeness (QED) is 0.485. The smallest absolute Gasteiger partial charge is 0.298 e. The van der Waals surface area contributed by atoms with Gasteiger partial charge in [-0.2, -0.15) is 5.10 Å². The Morgan fingerprint density at radius 1 is 1.29 bits per heavy atom. The molecule has 0 aliphatic carbocycles. The third-order valence-corrected chi connectivity index (χ3v) is 3.12. The summed E-state index contributed by atoms with van der Waals surface area (Å²) in [5, 5.41) is 25.6. The maximum atomic E-state index is 11.1. The van der Waals surface area contributed by atoms with Gasteiger partial charge in [0.2, 0.25) is 0 Å². The zero-order valence-electron chi connectivity index (χ0n) is 10.5. The molecule has 10 heteroatoms. The molecule has 0 aliphatic rings. The van der Waals surface area contributed by atoms with Gasteiger partial charge in [-0.3, -0.25) is 25.0 Å². The minimum Gasteiger partial charge on any atom is -0.298 e. The number of carbonyl (C=O) groups excluding carboxylic acids is 1. The molecule has 1 heterocycles. The number of benzene rings is 1. The summed E-state index contributed by atoms with van der Waals surface area (Å²) in [7, 11) is 0. The van der Waals surface area contributed by atoms with Gasteiger partial charge in [-0.15, -0.1) is 0 Å². The number of nitrogens with zero attached hydrogens (tertiary/aromatic N) is 4. The lowest BCUT2D eigenvalue weighted by atomic mass is 10.2. The van der Waals surface area contributed by atoms with Crippen LogP contribution in [-0.2, 0) is 0 Å². The number of carbonyl (C=O) groups is 1. The van der Waals surface area contributed by atoms with Crippen LogP contribution in [0.15, 0.2) is 18.2 Å². The van der Waals surface area contributed by atoms with Gasteiger partial charge in [0.15, 0.2) is 6.29 Å². The summed E-state index contributed by atoms with van der Waals surface area (Å²) in [4.78, 5) is 31.1. The SMILES string of the molecule is Cc1nn(-c2ccc([N+](=O)[O-])cc2[N+](=O)[O-])c(Cl)c1C=O. The molecule has 2 rings (SSSR count). The highest BCUT2D eigenvalue weighted by molar-refractivity contribution is 6.32. The van der Waals surface area contributed by atoms with E-state index >= 15 is 0 Å². The molecule has 0 radical (unpaired) electrons. The predicted octanol–water partition coefficient (Wildman–Crippen LogP) is 2.46. The van der Waals surface area contributed by atoms with E-state index in [0.717, 1.165) is 22.9 Å². The van der Waals surface area contributed by atoms with Crippen LogP contribution in [0.25, 0.3) is 5.69 Å².